The van der Waals surface area contributed by atoms with Crippen molar-refractivity contribution < 1.29 is 9.59 Å². The van der Waals surface area contributed by atoms with Crippen LogP contribution in [0.15, 0.2) is 85.5 Å². The molecule has 7 nitrogen and oxygen atoms in total. The zero-order valence-electron chi connectivity index (χ0n) is 15.3. The van der Waals surface area contributed by atoms with Crippen LogP contribution in [0.3, 0.4) is 0 Å². The lowest BCUT2D eigenvalue weighted by Crippen LogP contribution is -2.14. The van der Waals surface area contributed by atoms with Gasteiger partial charge in [-0.1, -0.05) is 6.07 Å². The first kappa shape index (κ1) is 18.1. The fraction of sp³-hybridized carbons (Fsp3) is 0. The molecule has 0 saturated carbocycles. The predicted octanol–water partition coefficient (Wildman–Crippen LogP) is 3.98. The van der Waals surface area contributed by atoms with E-state index < -0.39 is 0 Å². The second-order valence-corrected chi connectivity index (χ2v) is 6.25. The van der Waals surface area contributed by atoms with Crippen LogP contribution in [0.25, 0.3) is 11.4 Å². The van der Waals surface area contributed by atoms with Crippen molar-refractivity contribution in [2.75, 3.05) is 10.6 Å². The number of amides is 2. The summed E-state index contributed by atoms with van der Waals surface area (Å²) >= 11 is 0. The average molecular weight is 383 g/mol. The van der Waals surface area contributed by atoms with E-state index in [1.165, 1.54) is 6.20 Å². The van der Waals surface area contributed by atoms with E-state index in [0.717, 1.165) is 11.4 Å². The molecule has 142 valence electrons. The quantitative estimate of drug-likeness (QED) is 0.485. The van der Waals surface area contributed by atoms with E-state index in [0.29, 0.717) is 22.5 Å². The molecule has 0 bridgehead atoms. The number of aromatic amines is 1. The van der Waals surface area contributed by atoms with Gasteiger partial charge in [-0.2, -0.15) is 0 Å². The smallest absolute Gasteiger partial charge is 0.257 e. The van der Waals surface area contributed by atoms with Gasteiger partial charge in [-0.05, 0) is 54.6 Å². The van der Waals surface area contributed by atoms with Crippen molar-refractivity contribution in [3.8, 4) is 11.4 Å². The first-order valence-corrected chi connectivity index (χ1v) is 8.92. The van der Waals surface area contributed by atoms with Gasteiger partial charge in [-0.25, -0.2) is 4.98 Å². The van der Waals surface area contributed by atoms with Gasteiger partial charge in [-0.3, -0.25) is 14.6 Å². The van der Waals surface area contributed by atoms with E-state index in [-0.39, 0.29) is 11.8 Å². The summed E-state index contributed by atoms with van der Waals surface area (Å²) in [6.45, 7) is 0. The number of benzene rings is 2. The maximum Gasteiger partial charge on any atom is 0.257 e. The van der Waals surface area contributed by atoms with Crippen LogP contribution in [0, 0.1) is 0 Å². The molecule has 0 unspecified atom stereocenters. The van der Waals surface area contributed by atoms with Crippen LogP contribution in [0.4, 0.5) is 11.4 Å². The van der Waals surface area contributed by atoms with E-state index in [1.807, 2.05) is 24.3 Å². The highest BCUT2D eigenvalue weighted by atomic mass is 16.2. The zero-order valence-corrected chi connectivity index (χ0v) is 15.3. The average Bonchev–Trinajstić information content (AvgIpc) is 3.30. The van der Waals surface area contributed by atoms with Gasteiger partial charge < -0.3 is 15.6 Å². The monoisotopic (exact) mass is 383 g/mol. The van der Waals surface area contributed by atoms with E-state index in [4.69, 9.17) is 0 Å². The minimum absolute atomic E-state index is 0.270. The first-order chi connectivity index (χ1) is 14.2. The van der Waals surface area contributed by atoms with Crippen molar-refractivity contribution in [1.29, 1.82) is 0 Å². The predicted molar refractivity (Wildman–Crippen MR) is 111 cm³/mol. The van der Waals surface area contributed by atoms with Crippen LogP contribution < -0.4 is 10.6 Å². The third-order valence-electron chi connectivity index (χ3n) is 4.22. The Bertz CT molecular complexity index is 1120. The Hall–Kier alpha value is -4.26. The molecule has 0 aliphatic heterocycles. The Morgan fingerprint density at radius 3 is 2.28 bits per heavy atom. The van der Waals surface area contributed by atoms with Crippen LogP contribution in [0.5, 0.6) is 0 Å². The molecular weight excluding hydrogens is 366 g/mol. The number of carbonyl (C=O) groups excluding carboxylic acids is 2. The second-order valence-electron chi connectivity index (χ2n) is 6.25. The molecular formula is C22H17N5O2. The summed E-state index contributed by atoms with van der Waals surface area (Å²) in [4.78, 5) is 36.0. The summed E-state index contributed by atoms with van der Waals surface area (Å²) in [5.74, 6) is 0.206. The number of hydrogen-bond acceptors (Lipinski definition) is 4. The summed E-state index contributed by atoms with van der Waals surface area (Å²) in [6.07, 6.45) is 6.53. The van der Waals surface area contributed by atoms with Gasteiger partial charge in [0.1, 0.15) is 5.82 Å². The molecule has 7 heteroatoms. The van der Waals surface area contributed by atoms with E-state index >= 15 is 0 Å². The van der Waals surface area contributed by atoms with Crippen LogP contribution in [0.2, 0.25) is 0 Å². The Balaban J connectivity index is 1.44. The lowest BCUT2D eigenvalue weighted by Gasteiger charge is -2.09. The largest absolute Gasteiger partial charge is 0.345 e. The molecule has 2 aromatic carbocycles. The maximum atomic E-state index is 12.6. The highest BCUT2D eigenvalue weighted by molar-refractivity contribution is 6.07. The summed E-state index contributed by atoms with van der Waals surface area (Å²) in [5.41, 5.74) is 2.99. The number of hydrogen-bond donors (Lipinski definition) is 3. The van der Waals surface area contributed by atoms with Gasteiger partial charge in [0.2, 0.25) is 0 Å². The molecule has 0 atom stereocenters. The minimum atomic E-state index is -0.288. The van der Waals surface area contributed by atoms with Crippen molar-refractivity contribution in [3.63, 3.8) is 0 Å². The van der Waals surface area contributed by atoms with Crippen molar-refractivity contribution in [1.82, 2.24) is 15.0 Å². The van der Waals surface area contributed by atoms with Crippen LogP contribution >= 0.6 is 0 Å². The Labute approximate surface area is 166 Å². The maximum absolute atomic E-state index is 12.6. The number of pyridine rings is 1. The van der Waals surface area contributed by atoms with Crippen molar-refractivity contribution >= 4 is 23.2 Å². The number of imidazole rings is 1. The number of H-pyrrole nitrogens is 1. The number of rotatable bonds is 5. The van der Waals surface area contributed by atoms with Crippen molar-refractivity contribution in [2.45, 2.75) is 0 Å². The molecule has 2 amide bonds. The number of aromatic nitrogens is 3. The lowest BCUT2D eigenvalue weighted by atomic mass is 10.1. The van der Waals surface area contributed by atoms with Gasteiger partial charge in [0.15, 0.2) is 0 Å². The zero-order chi connectivity index (χ0) is 20.1. The molecule has 4 rings (SSSR count). The molecule has 0 spiro atoms. The molecule has 0 fully saturated rings. The molecule has 0 saturated heterocycles. The first-order valence-electron chi connectivity index (χ1n) is 8.92. The fourth-order valence-corrected chi connectivity index (χ4v) is 2.78. The van der Waals surface area contributed by atoms with Gasteiger partial charge in [0.05, 0.1) is 5.56 Å². The highest BCUT2D eigenvalue weighted by Gasteiger charge is 2.10. The van der Waals surface area contributed by atoms with Crippen LogP contribution in [0.1, 0.15) is 20.7 Å². The van der Waals surface area contributed by atoms with Gasteiger partial charge >= 0.3 is 0 Å². The summed E-state index contributed by atoms with van der Waals surface area (Å²) in [7, 11) is 0. The van der Waals surface area contributed by atoms with Crippen molar-refractivity contribution in [3.05, 3.63) is 96.6 Å². The summed E-state index contributed by atoms with van der Waals surface area (Å²) in [5, 5.41) is 5.62. The van der Waals surface area contributed by atoms with Gasteiger partial charge in [0, 0.05) is 47.3 Å². The normalized spacial score (nSPS) is 10.3. The summed E-state index contributed by atoms with van der Waals surface area (Å²) in [6, 6.07) is 17.5. The minimum Gasteiger partial charge on any atom is -0.345 e. The standard InChI is InChI=1S/C22H17N5O2/c28-21(26-18-8-6-15(7-9-18)20-24-11-12-25-20)16-3-1-5-19(13-16)27-22(29)17-4-2-10-23-14-17/h1-14H,(H,24,25)(H,26,28)(H,27,29). The summed E-state index contributed by atoms with van der Waals surface area (Å²) < 4.78 is 0. The lowest BCUT2D eigenvalue weighted by molar-refractivity contribution is 0.101. The van der Waals surface area contributed by atoms with Crippen LogP contribution in [-0.2, 0) is 0 Å². The molecule has 0 radical (unpaired) electrons. The second kappa shape index (κ2) is 8.18. The molecule has 29 heavy (non-hydrogen) atoms. The van der Waals surface area contributed by atoms with Gasteiger partial charge in [0.25, 0.3) is 11.8 Å². The van der Waals surface area contributed by atoms with Crippen LogP contribution in [-0.4, -0.2) is 26.8 Å². The Morgan fingerprint density at radius 2 is 1.55 bits per heavy atom. The SMILES string of the molecule is O=C(Nc1cccc(C(=O)Nc2ccc(-c3ncc[nH]3)cc2)c1)c1cccnc1. The molecule has 3 N–H and O–H groups in total. The van der Waals surface area contributed by atoms with E-state index in [2.05, 4.69) is 25.6 Å². The van der Waals surface area contributed by atoms with Crippen molar-refractivity contribution in [2.24, 2.45) is 0 Å². The van der Waals surface area contributed by atoms with Gasteiger partial charge in [-0.15, -0.1) is 0 Å². The Morgan fingerprint density at radius 1 is 0.793 bits per heavy atom. The fourth-order valence-electron chi connectivity index (χ4n) is 2.78. The number of nitrogens with one attached hydrogen (secondary N) is 3. The molecule has 0 aliphatic rings. The molecule has 0 aliphatic carbocycles. The molecule has 2 aromatic heterocycles. The topological polar surface area (TPSA) is 99.8 Å². The molecule has 2 heterocycles. The third kappa shape index (κ3) is 4.36. The number of carbonyl (C=O) groups is 2. The number of anilines is 2. The third-order valence-corrected chi connectivity index (χ3v) is 4.22. The Kier molecular flexibility index (Phi) is 5.11. The highest BCUT2D eigenvalue weighted by Crippen LogP contribution is 2.19. The number of nitrogens with zero attached hydrogens (tertiary/aromatic N) is 2. The van der Waals surface area contributed by atoms with E-state index in [9.17, 15) is 9.59 Å². The van der Waals surface area contributed by atoms with E-state index in [1.54, 1.807) is 55.0 Å². The molecule has 4 aromatic rings.